The van der Waals surface area contributed by atoms with Crippen LogP contribution in [-0.4, -0.2) is 131 Å². The summed E-state index contributed by atoms with van der Waals surface area (Å²) in [5.41, 5.74) is -1.41. The van der Waals surface area contributed by atoms with Crippen LogP contribution in [0.4, 0.5) is 0 Å². The van der Waals surface area contributed by atoms with Gasteiger partial charge >= 0.3 is 0 Å². The monoisotopic (exact) mass is 626 g/mol. The molecule has 0 spiro atoms. The van der Waals surface area contributed by atoms with Gasteiger partial charge in [0.25, 0.3) is 0 Å². The van der Waals surface area contributed by atoms with Crippen molar-refractivity contribution >= 4 is 11.0 Å². The summed E-state index contributed by atoms with van der Waals surface area (Å²) in [6.07, 6.45) is -17.4. The second-order valence-corrected chi connectivity index (χ2v) is 10.3. The van der Waals surface area contributed by atoms with Crippen LogP contribution in [0.5, 0.6) is 28.7 Å². The van der Waals surface area contributed by atoms with Crippen molar-refractivity contribution in [2.45, 2.75) is 61.4 Å². The molecular formula is C27H30O17. The van der Waals surface area contributed by atoms with Gasteiger partial charge in [-0.25, -0.2) is 0 Å². The van der Waals surface area contributed by atoms with E-state index in [9.17, 15) is 61.0 Å². The van der Waals surface area contributed by atoms with Crippen molar-refractivity contribution in [3.05, 3.63) is 40.6 Å². The van der Waals surface area contributed by atoms with E-state index in [1.54, 1.807) is 0 Å². The molecule has 0 saturated carbocycles. The lowest BCUT2D eigenvalue weighted by Crippen LogP contribution is -2.62. The lowest BCUT2D eigenvalue weighted by Gasteiger charge is -2.42. The normalized spacial score (nSPS) is 32.5. The standard InChI is InChI=1S/C27H30O17/c28-6-14-17(33)20(36)22(38)26(42-14)40-7-15-18(34)21(37)23(39)27(43-15)44-25-19(35)16-12(32)4-9(29)5-13(16)41-24(25)8-1-2-10(30)11(31)3-8/h1-5,14-15,17-18,20-23,26-34,36-39H,6-7H2/t14-,15+,17-,18+,20-,21+,22+,23-,26+,27-/m0/s1. The second-order valence-electron chi connectivity index (χ2n) is 10.3. The number of rotatable bonds is 7. The van der Waals surface area contributed by atoms with Crippen molar-refractivity contribution in [2.75, 3.05) is 13.2 Å². The van der Waals surface area contributed by atoms with Crippen LogP contribution in [0.15, 0.2) is 39.5 Å². The number of phenols is 4. The van der Waals surface area contributed by atoms with Crippen LogP contribution in [0, 0.1) is 0 Å². The van der Waals surface area contributed by atoms with E-state index in [0.29, 0.717) is 0 Å². The molecule has 44 heavy (non-hydrogen) atoms. The number of hydrogen-bond acceptors (Lipinski definition) is 17. The zero-order chi connectivity index (χ0) is 32.0. The van der Waals surface area contributed by atoms with Crippen molar-refractivity contribution in [1.82, 2.24) is 0 Å². The highest BCUT2D eigenvalue weighted by atomic mass is 16.7. The molecule has 2 aliphatic heterocycles. The van der Waals surface area contributed by atoms with Crippen LogP contribution >= 0.6 is 0 Å². The van der Waals surface area contributed by atoms with Crippen molar-refractivity contribution in [3.63, 3.8) is 0 Å². The van der Waals surface area contributed by atoms with E-state index >= 15 is 0 Å². The smallest absolute Gasteiger partial charge is 0.239 e. The summed E-state index contributed by atoms with van der Waals surface area (Å²) in [5, 5.41) is 111. The molecule has 2 saturated heterocycles. The van der Waals surface area contributed by atoms with Crippen molar-refractivity contribution in [1.29, 1.82) is 0 Å². The molecule has 17 heteroatoms. The Balaban J connectivity index is 1.47. The molecule has 0 radical (unpaired) electrons. The van der Waals surface area contributed by atoms with Crippen LogP contribution in [0.3, 0.4) is 0 Å². The zero-order valence-corrected chi connectivity index (χ0v) is 22.4. The fourth-order valence-corrected chi connectivity index (χ4v) is 4.89. The minimum atomic E-state index is -2.00. The van der Waals surface area contributed by atoms with Crippen molar-refractivity contribution in [2.24, 2.45) is 0 Å². The first-order valence-electron chi connectivity index (χ1n) is 13.2. The largest absolute Gasteiger partial charge is 0.508 e. The van der Waals surface area contributed by atoms with Gasteiger partial charge in [-0.05, 0) is 18.2 Å². The number of hydrogen-bond donors (Lipinski definition) is 11. The summed E-state index contributed by atoms with van der Waals surface area (Å²) in [6.45, 7) is -1.42. The molecule has 10 atom stereocenters. The summed E-state index contributed by atoms with van der Waals surface area (Å²) < 4.78 is 27.6. The number of aromatic hydroxyl groups is 4. The fourth-order valence-electron chi connectivity index (χ4n) is 4.89. The number of fused-ring (bicyclic) bond motifs is 1. The van der Waals surface area contributed by atoms with E-state index in [0.717, 1.165) is 24.3 Å². The first-order chi connectivity index (χ1) is 20.8. The number of ether oxygens (including phenoxy) is 4. The number of aliphatic hydroxyl groups is 7. The summed E-state index contributed by atoms with van der Waals surface area (Å²) in [5.74, 6) is -3.44. The molecule has 0 unspecified atom stereocenters. The quantitative estimate of drug-likeness (QED) is 0.119. The van der Waals surface area contributed by atoms with Crippen LogP contribution in [0.1, 0.15) is 0 Å². The minimum Gasteiger partial charge on any atom is -0.508 e. The van der Waals surface area contributed by atoms with Gasteiger partial charge in [-0.2, -0.15) is 0 Å². The Labute approximate surface area is 246 Å². The second kappa shape index (κ2) is 12.3. The highest BCUT2D eigenvalue weighted by Gasteiger charge is 2.48. The summed E-state index contributed by atoms with van der Waals surface area (Å²) in [6, 6.07) is 5.17. The molecule has 11 N–H and O–H groups in total. The third-order valence-electron chi connectivity index (χ3n) is 7.33. The van der Waals surface area contributed by atoms with E-state index < -0.39 is 120 Å². The summed E-state index contributed by atoms with van der Waals surface area (Å²) in [4.78, 5) is 13.6. The molecule has 2 fully saturated rings. The van der Waals surface area contributed by atoms with Crippen LogP contribution < -0.4 is 10.2 Å². The van der Waals surface area contributed by atoms with Gasteiger partial charge in [0.15, 0.2) is 23.5 Å². The third-order valence-corrected chi connectivity index (χ3v) is 7.33. The molecule has 1 aromatic heterocycles. The zero-order valence-electron chi connectivity index (χ0n) is 22.4. The van der Waals surface area contributed by atoms with E-state index in [4.69, 9.17) is 23.4 Å². The predicted octanol–water partition coefficient (Wildman–Crippen LogP) is -2.71. The Morgan fingerprint density at radius 2 is 1.34 bits per heavy atom. The fraction of sp³-hybridized carbons (Fsp3) is 0.444. The minimum absolute atomic E-state index is 0.0504. The Bertz CT molecular complexity index is 1560. The Hall–Kier alpha value is -3.75. The Morgan fingerprint density at radius 3 is 2.00 bits per heavy atom. The van der Waals surface area contributed by atoms with Gasteiger partial charge in [0.05, 0.1) is 13.2 Å². The van der Waals surface area contributed by atoms with E-state index in [1.165, 1.54) is 6.07 Å². The third kappa shape index (κ3) is 5.73. The lowest BCUT2D eigenvalue weighted by atomic mass is 9.98. The van der Waals surface area contributed by atoms with Crippen molar-refractivity contribution < 1.29 is 79.5 Å². The van der Waals surface area contributed by atoms with Gasteiger partial charge in [0.1, 0.15) is 71.3 Å². The van der Waals surface area contributed by atoms with Gasteiger partial charge in [0.2, 0.25) is 17.5 Å². The molecule has 2 aromatic carbocycles. The topological polar surface area (TPSA) is 290 Å². The maximum Gasteiger partial charge on any atom is 0.239 e. The van der Waals surface area contributed by atoms with Gasteiger partial charge in [-0.3, -0.25) is 4.79 Å². The Morgan fingerprint density at radius 1 is 0.705 bits per heavy atom. The number of benzene rings is 2. The summed E-state index contributed by atoms with van der Waals surface area (Å²) in [7, 11) is 0. The van der Waals surface area contributed by atoms with Gasteiger partial charge < -0.3 is 79.5 Å². The predicted molar refractivity (Wildman–Crippen MR) is 142 cm³/mol. The highest BCUT2D eigenvalue weighted by Crippen LogP contribution is 2.39. The highest BCUT2D eigenvalue weighted by molar-refractivity contribution is 5.88. The van der Waals surface area contributed by atoms with E-state index in [-0.39, 0.29) is 11.1 Å². The summed E-state index contributed by atoms with van der Waals surface area (Å²) >= 11 is 0. The molecule has 3 heterocycles. The molecular weight excluding hydrogens is 596 g/mol. The number of aliphatic hydroxyl groups excluding tert-OH is 7. The van der Waals surface area contributed by atoms with Crippen LogP contribution in [-0.2, 0) is 14.2 Å². The molecule has 0 aliphatic carbocycles. The van der Waals surface area contributed by atoms with E-state index in [2.05, 4.69) is 0 Å². The average molecular weight is 627 g/mol. The lowest BCUT2D eigenvalue weighted by molar-refractivity contribution is -0.323. The van der Waals surface area contributed by atoms with Crippen LogP contribution in [0.25, 0.3) is 22.3 Å². The molecule has 5 rings (SSSR count). The molecule has 0 bridgehead atoms. The first-order valence-corrected chi connectivity index (χ1v) is 13.2. The average Bonchev–Trinajstić information content (AvgIpc) is 2.98. The van der Waals surface area contributed by atoms with Gasteiger partial charge in [-0.1, -0.05) is 0 Å². The van der Waals surface area contributed by atoms with Crippen molar-refractivity contribution in [3.8, 4) is 40.1 Å². The van der Waals surface area contributed by atoms with Gasteiger partial charge in [-0.15, -0.1) is 0 Å². The Kier molecular flexibility index (Phi) is 8.87. The number of phenolic OH excluding ortho intramolecular Hbond substituents is 4. The van der Waals surface area contributed by atoms with Gasteiger partial charge in [0, 0.05) is 17.7 Å². The molecule has 2 aliphatic rings. The molecule has 3 aromatic rings. The molecule has 0 amide bonds. The maximum atomic E-state index is 13.6. The molecule has 240 valence electrons. The van der Waals surface area contributed by atoms with Crippen LogP contribution in [0.2, 0.25) is 0 Å². The molecule has 17 nitrogen and oxygen atoms in total. The maximum absolute atomic E-state index is 13.6. The first kappa shape index (κ1) is 31.7. The van der Waals surface area contributed by atoms with E-state index in [1.807, 2.05) is 0 Å². The SMILES string of the molecule is O=c1c(O[C@@H]2O[C@H](CO[C@@H]3O[C@@H](CO)[C@H](O)[C@H](O)[C@H]3O)[C@@H](O)[C@@H](O)[C@@H]2O)c(-c2ccc(O)c(O)c2)oc2cc(O)cc(O)c12.